The summed E-state index contributed by atoms with van der Waals surface area (Å²) in [6.07, 6.45) is 2.19. The number of nitrogens with zero attached hydrogens (tertiary/aromatic N) is 4. The molecule has 0 fully saturated rings. The first-order valence-electron chi connectivity index (χ1n) is 14.9. The number of hydrogen-bond acceptors (Lipinski definition) is 2. The average molecular weight is 563 g/mol. The molecular formula is C40H26N4. The van der Waals surface area contributed by atoms with Crippen molar-refractivity contribution < 1.29 is 0 Å². The predicted molar refractivity (Wildman–Crippen MR) is 182 cm³/mol. The molecule has 4 nitrogen and oxygen atoms in total. The molecule has 0 aliphatic rings. The average Bonchev–Trinajstić information content (AvgIpc) is 3.70. The predicted octanol–water partition coefficient (Wildman–Crippen LogP) is 10.0. The van der Waals surface area contributed by atoms with E-state index >= 15 is 0 Å². The Hall–Kier alpha value is -6.00. The number of hydrogen-bond donors (Lipinski definition) is 0. The van der Waals surface area contributed by atoms with E-state index in [1.165, 1.54) is 32.4 Å². The van der Waals surface area contributed by atoms with Gasteiger partial charge in [0.05, 0.1) is 27.9 Å². The van der Waals surface area contributed by atoms with Gasteiger partial charge >= 0.3 is 0 Å². The summed E-state index contributed by atoms with van der Waals surface area (Å²) in [7, 11) is 0. The van der Waals surface area contributed by atoms with E-state index in [0.29, 0.717) is 5.95 Å². The van der Waals surface area contributed by atoms with Crippen molar-refractivity contribution in [3.05, 3.63) is 158 Å². The molecule has 0 unspecified atom stereocenters. The Bertz CT molecular complexity index is 2420. The van der Waals surface area contributed by atoms with Gasteiger partial charge in [-0.15, -0.1) is 0 Å². The first-order valence-corrected chi connectivity index (χ1v) is 14.9. The number of para-hydroxylation sites is 2. The minimum absolute atomic E-state index is 0.652. The Labute approximate surface area is 254 Å². The van der Waals surface area contributed by atoms with E-state index < -0.39 is 0 Å². The molecule has 4 heteroatoms. The second kappa shape index (κ2) is 9.79. The lowest BCUT2D eigenvalue weighted by molar-refractivity contribution is 0.998. The first kappa shape index (κ1) is 24.6. The highest BCUT2D eigenvalue weighted by Gasteiger charge is 2.23. The quantitative estimate of drug-likeness (QED) is 0.214. The van der Waals surface area contributed by atoms with E-state index in [-0.39, 0.29) is 0 Å². The fourth-order valence-electron chi connectivity index (χ4n) is 6.62. The van der Waals surface area contributed by atoms with Crippen molar-refractivity contribution in [2.24, 2.45) is 0 Å². The maximum Gasteiger partial charge on any atom is 0.235 e. The van der Waals surface area contributed by atoms with Crippen molar-refractivity contribution >= 4 is 43.5 Å². The van der Waals surface area contributed by atoms with Crippen LogP contribution in [0.25, 0.3) is 77.6 Å². The molecule has 0 saturated carbocycles. The van der Waals surface area contributed by atoms with Gasteiger partial charge in [-0.3, -0.25) is 4.57 Å². The normalized spacial score (nSPS) is 11.6. The van der Waals surface area contributed by atoms with E-state index in [1.54, 1.807) is 0 Å². The van der Waals surface area contributed by atoms with Crippen LogP contribution < -0.4 is 0 Å². The summed E-state index contributed by atoms with van der Waals surface area (Å²) >= 11 is 0. The van der Waals surface area contributed by atoms with Gasteiger partial charge < -0.3 is 4.57 Å². The maximum atomic E-state index is 5.27. The zero-order chi connectivity index (χ0) is 29.0. The monoisotopic (exact) mass is 562 g/mol. The van der Waals surface area contributed by atoms with Crippen molar-refractivity contribution in [2.75, 3.05) is 0 Å². The smallest absolute Gasteiger partial charge is 0.235 e. The highest BCUT2D eigenvalue weighted by Crippen LogP contribution is 2.43. The van der Waals surface area contributed by atoms with E-state index in [0.717, 1.165) is 39.2 Å². The lowest BCUT2D eigenvalue weighted by Gasteiger charge is -2.14. The lowest BCUT2D eigenvalue weighted by atomic mass is 10.0. The lowest BCUT2D eigenvalue weighted by Crippen LogP contribution is -2.04. The van der Waals surface area contributed by atoms with Crippen molar-refractivity contribution in [2.45, 2.75) is 0 Å². The Morgan fingerprint density at radius 3 is 1.61 bits per heavy atom. The van der Waals surface area contributed by atoms with Crippen LogP contribution in [-0.4, -0.2) is 19.1 Å². The number of aromatic nitrogens is 4. The number of fused-ring (bicyclic) bond motifs is 8. The summed E-state index contributed by atoms with van der Waals surface area (Å²) in [5.41, 5.74) is 8.38. The second-order valence-corrected chi connectivity index (χ2v) is 11.1. The van der Waals surface area contributed by atoms with Gasteiger partial charge in [0.25, 0.3) is 0 Å². The number of rotatable bonds is 4. The van der Waals surface area contributed by atoms with Crippen LogP contribution in [0, 0.1) is 0 Å². The van der Waals surface area contributed by atoms with Crippen LogP contribution in [0.15, 0.2) is 158 Å². The van der Waals surface area contributed by atoms with E-state index in [9.17, 15) is 0 Å². The highest BCUT2D eigenvalue weighted by molar-refractivity contribution is 6.31. The van der Waals surface area contributed by atoms with Gasteiger partial charge in [-0.25, -0.2) is 9.97 Å². The molecule has 0 radical (unpaired) electrons. The Morgan fingerprint density at radius 1 is 0.432 bits per heavy atom. The first-order chi connectivity index (χ1) is 21.8. The van der Waals surface area contributed by atoms with Gasteiger partial charge in [0.15, 0.2) is 0 Å². The third kappa shape index (κ3) is 3.71. The number of benzene rings is 6. The summed E-state index contributed by atoms with van der Waals surface area (Å²) in [5.74, 6) is 0.652. The molecule has 0 N–H and O–H groups in total. The molecule has 44 heavy (non-hydrogen) atoms. The summed E-state index contributed by atoms with van der Waals surface area (Å²) in [4.78, 5) is 10.5. The minimum Gasteiger partial charge on any atom is -0.316 e. The standard InChI is InChI=1S/C40H26N4/c1-4-14-27(15-5-1)34-26-35(28-16-6-2-7-17-28)42-40(41-34)44-36-23-13-12-22-33(36)37-38-32(30-20-10-11-21-31(30)39(37)44)24-25-43(38)29-18-8-3-9-19-29/h1-26H. The van der Waals surface area contributed by atoms with Crippen molar-refractivity contribution in [3.8, 4) is 34.2 Å². The molecule has 0 amide bonds. The Morgan fingerprint density at radius 2 is 0.955 bits per heavy atom. The minimum atomic E-state index is 0.652. The third-order valence-corrected chi connectivity index (χ3v) is 8.56. The fourth-order valence-corrected chi connectivity index (χ4v) is 6.62. The molecule has 3 heterocycles. The molecule has 3 aromatic heterocycles. The Kier molecular flexibility index (Phi) is 5.47. The molecule has 0 aliphatic carbocycles. The zero-order valence-electron chi connectivity index (χ0n) is 23.8. The van der Waals surface area contributed by atoms with Crippen LogP contribution in [-0.2, 0) is 0 Å². The van der Waals surface area contributed by atoms with E-state index in [4.69, 9.17) is 9.97 Å². The van der Waals surface area contributed by atoms with Crippen LogP contribution in [0.3, 0.4) is 0 Å². The van der Waals surface area contributed by atoms with Crippen LogP contribution in [0.2, 0.25) is 0 Å². The largest absolute Gasteiger partial charge is 0.316 e. The van der Waals surface area contributed by atoms with Crippen LogP contribution in [0.4, 0.5) is 0 Å². The molecule has 0 saturated heterocycles. The molecule has 206 valence electrons. The summed E-state index contributed by atoms with van der Waals surface area (Å²) in [6.45, 7) is 0. The van der Waals surface area contributed by atoms with Crippen LogP contribution in [0.1, 0.15) is 0 Å². The van der Waals surface area contributed by atoms with Gasteiger partial charge in [0.2, 0.25) is 5.95 Å². The summed E-state index contributed by atoms with van der Waals surface area (Å²) < 4.78 is 4.59. The maximum absolute atomic E-state index is 5.27. The van der Waals surface area contributed by atoms with Gasteiger partial charge in [0, 0.05) is 44.6 Å². The van der Waals surface area contributed by atoms with Gasteiger partial charge in [-0.2, -0.15) is 0 Å². The highest BCUT2D eigenvalue weighted by atomic mass is 15.2. The molecule has 9 aromatic rings. The van der Waals surface area contributed by atoms with Crippen molar-refractivity contribution in [1.29, 1.82) is 0 Å². The van der Waals surface area contributed by atoms with E-state index in [2.05, 4.69) is 155 Å². The van der Waals surface area contributed by atoms with Gasteiger partial charge in [-0.05, 0) is 35.7 Å². The van der Waals surface area contributed by atoms with E-state index in [1.807, 2.05) is 12.1 Å². The van der Waals surface area contributed by atoms with Gasteiger partial charge in [-0.1, -0.05) is 121 Å². The third-order valence-electron chi connectivity index (χ3n) is 8.56. The molecular weight excluding hydrogens is 536 g/mol. The zero-order valence-corrected chi connectivity index (χ0v) is 23.8. The Balaban J connectivity index is 1.47. The molecule has 6 aromatic carbocycles. The molecule has 0 bridgehead atoms. The molecule has 9 rings (SSSR count). The van der Waals surface area contributed by atoms with Gasteiger partial charge in [0.1, 0.15) is 0 Å². The summed E-state index contributed by atoms with van der Waals surface area (Å²) in [5, 5.41) is 5.97. The summed E-state index contributed by atoms with van der Waals surface area (Å²) in [6, 6.07) is 53.0. The topological polar surface area (TPSA) is 35.6 Å². The molecule has 0 atom stereocenters. The molecule has 0 spiro atoms. The SMILES string of the molecule is c1ccc(-c2cc(-c3ccccc3)nc(-n3c4ccccc4c4c5c(ccn5-c5ccccc5)c5ccccc5c43)n2)cc1. The van der Waals surface area contributed by atoms with Crippen LogP contribution >= 0.6 is 0 Å². The van der Waals surface area contributed by atoms with Crippen molar-refractivity contribution in [3.63, 3.8) is 0 Å². The fraction of sp³-hybridized carbons (Fsp3) is 0. The molecule has 0 aliphatic heterocycles. The van der Waals surface area contributed by atoms with Crippen LogP contribution in [0.5, 0.6) is 0 Å². The van der Waals surface area contributed by atoms with Crippen molar-refractivity contribution in [1.82, 2.24) is 19.1 Å². The second-order valence-electron chi connectivity index (χ2n) is 11.1.